The number of carbonyl (C=O) groups excluding carboxylic acids is 1. The maximum atomic E-state index is 12.5. The van der Waals surface area contributed by atoms with Crippen molar-refractivity contribution >= 4 is 30.7 Å². The Balaban J connectivity index is 0.00000110. The number of nitrogens with zero attached hydrogens (tertiary/aromatic N) is 2. The minimum Gasteiger partial charge on any atom is -0.366 e. The lowest BCUT2D eigenvalue weighted by atomic mass is 10.0. The normalized spacial score (nSPS) is 30.4. The predicted octanol–water partition coefficient (Wildman–Crippen LogP) is 0.905. The van der Waals surface area contributed by atoms with Gasteiger partial charge in [0.2, 0.25) is 0 Å². The fourth-order valence-corrected chi connectivity index (χ4v) is 3.49. The predicted molar refractivity (Wildman–Crippen MR) is 87.5 cm³/mol. The van der Waals surface area contributed by atoms with Crippen molar-refractivity contribution in [1.82, 2.24) is 15.1 Å². The second-order valence-electron chi connectivity index (χ2n) is 5.89. The van der Waals surface area contributed by atoms with E-state index in [0.29, 0.717) is 19.2 Å². The van der Waals surface area contributed by atoms with Gasteiger partial charge in [-0.2, -0.15) is 0 Å². The number of piperidine rings is 1. The molecule has 2 unspecified atom stereocenters. The van der Waals surface area contributed by atoms with Crippen LogP contribution in [0.15, 0.2) is 0 Å². The molecule has 0 saturated carbocycles. The summed E-state index contributed by atoms with van der Waals surface area (Å²) in [4.78, 5) is 17.1. The van der Waals surface area contributed by atoms with Gasteiger partial charge in [0.15, 0.2) is 0 Å². The number of hydrogen-bond donors (Lipinski definition) is 1. The molecule has 0 bridgehead atoms. The second kappa shape index (κ2) is 9.16. The Morgan fingerprint density at radius 2 is 1.86 bits per heavy atom. The molecule has 3 aliphatic rings. The molecule has 5 nitrogen and oxygen atoms in total. The van der Waals surface area contributed by atoms with Crippen LogP contribution in [0.25, 0.3) is 0 Å². The lowest BCUT2D eigenvalue weighted by molar-refractivity contribution is -0.147. The van der Waals surface area contributed by atoms with Crippen molar-refractivity contribution in [3.63, 3.8) is 0 Å². The van der Waals surface area contributed by atoms with Crippen molar-refractivity contribution in [2.24, 2.45) is 0 Å². The summed E-state index contributed by atoms with van der Waals surface area (Å²) >= 11 is 0. The molecule has 3 rings (SSSR count). The fraction of sp³-hybridized carbons (Fsp3) is 0.929. The van der Waals surface area contributed by atoms with Gasteiger partial charge >= 0.3 is 0 Å². The SMILES string of the molecule is Cl.Cl.O=C(C1CNCCO1)N1CCCC(N2CCCC2)C1. The van der Waals surface area contributed by atoms with Gasteiger partial charge in [0.05, 0.1) is 6.61 Å². The van der Waals surface area contributed by atoms with E-state index >= 15 is 0 Å². The van der Waals surface area contributed by atoms with Crippen LogP contribution in [-0.2, 0) is 9.53 Å². The zero-order valence-corrected chi connectivity index (χ0v) is 14.1. The largest absolute Gasteiger partial charge is 0.366 e. The Morgan fingerprint density at radius 3 is 2.52 bits per heavy atom. The van der Waals surface area contributed by atoms with E-state index in [4.69, 9.17) is 4.74 Å². The molecule has 0 aromatic heterocycles. The van der Waals surface area contributed by atoms with Crippen molar-refractivity contribution in [3.8, 4) is 0 Å². The number of amides is 1. The lowest BCUT2D eigenvalue weighted by Crippen LogP contribution is -2.55. The van der Waals surface area contributed by atoms with E-state index in [1.807, 2.05) is 4.90 Å². The third kappa shape index (κ3) is 4.70. The van der Waals surface area contributed by atoms with E-state index in [-0.39, 0.29) is 36.8 Å². The number of ether oxygens (including phenoxy) is 1. The fourth-order valence-electron chi connectivity index (χ4n) is 3.49. The van der Waals surface area contributed by atoms with Gasteiger partial charge in [-0.25, -0.2) is 0 Å². The Kier molecular flexibility index (Phi) is 8.27. The van der Waals surface area contributed by atoms with Gasteiger partial charge in [-0.15, -0.1) is 24.8 Å². The van der Waals surface area contributed by atoms with Gasteiger partial charge in [0.1, 0.15) is 6.10 Å². The van der Waals surface area contributed by atoms with E-state index < -0.39 is 0 Å². The number of rotatable bonds is 2. The highest BCUT2D eigenvalue weighted by atomic mass is 35.5. The molecule has 3 heterocycles. The first-order valence-electron chi connectivity index (χ1n) is 7.70. The van der Waals surface area contributed by atoms with Gasteiger partial charge < -0.3 is 15.0 Å². The number of hydrogen-bond acceptors (Lipinski definition) is 4. The number of carbonyl (C=O) groups is 1. The van der Waals surface area contributed by atoms with Crippen molar-refractivity contribution in [1.29, 1.82) is 0 Å². The van der Waals surface area contributed by atoms with Crippen molar-refractivity contribution < 1.29 is 9.53 Å². The van der Waals surface area contributed by atoms with Gasteiger partial charge in [-0.1, -0.05) is 0 Å². The maximum absolute atomic E-state index is 12.5. The third-order valence-corrected chi connectivity index (χ3v) is 4.57. The van der Waals surface area contributed by atoms with E-state index in [2.05, 4.69) is 10.2 Å². The molecule has 0 radical (unpaired) electrons. The van der Waals surface area contributed by atoms with Crippen LogP contribution in [0.2, 0.25) is 0 Å². The highest BCUT2D eigenvalue weighted by Gasteiger charge is 2.33. The highest BCUT2D eigenvalue weighted by Crippen LogP contribution is 2.21. The molecule has 1 amide bonds. The number of morpholine rings is 1. The van der Waals surface area contributed by atoms with Crippen molar-refractivity contribution in [2.75, 3.05) is 45.9 Å². The monoisotopic (exact) mass is 339 g/mol. The number of likely N-dealkylation sites (tertiary alicyclic amines) is 2. The first kappa shape index (κ1) is 19.0. The van der Waals surface area contributed by atoms with Crippen LogP contribution in [-0.4, -0.2) is 73.7 Å². The lowest BCUT2D eigenvalue weighted by Gasteiger charge is -2.39. The molecule has 3 saturated heterocycles. The zero-order valence-electron chi connectivity index (χ0n) is 12.5. The van der Waals surface area contributed by atoms with Gasteiger partial charge in [0, 0.05) is 32.2 Å². The van der Waals surface area contributed by atoms with Gasteiger partial charge in [-0.05, 0) is 38.8 Å². The van der Waals surface area contributed by atoms with Crippen LogP contribution in [0.1, 0.15) is 25.7 Å². The molecule has 124 valence electrons. The summed E-state index contributed by atoms with van der Waals surface area (Å²) in [5, 5.41) is 3.24. The van der Waals surface area contributed by atoms with E-state index in [1.54, 1.807) is 0 Å². The zero-order chi connectivity index (χ0) is 13.1. The standard InChI is InChI=1S/C14H25N3O2.2ClH/c18-14(13-10-15-5-9-19-13)17-8-3-4-12(11-17)16-6-1-2-7-16;;/h12-13,15H,1-11H2;2*1H. The minimum absolute atomic E-state index is 0. The number of nitrogens with one attached hydrogen (secondary N) is 1. The summed E-state index contributed by atoms with van der Waals surface area (Å²) in [6.45, 7) is 6.42. The molecular weight excluding hydrogens is 313 g/mol. The molecule has 1 N–H and O–H groups in total. The summed E-state index contributed by atoms with van der Waals surface area (Å²) in [7, 11) is 0. The summed E-state index contributed by atoms with van der Waals surface area (Å²) in [6, 6.07) is 0.580. The topological polar surface area (TPSA) is 44.8 Å². The van der Waals surface area contributed by atoms with Crippen LogP contribution >= 0.6 is 24.8 Å². The van der Waals surface area contributed by atoms with Gasteiger partial charge in [-0.3, -0.25) is 9.69 Å². The molecule has 0 spiro atoms. The summed E-state index contributed by atoms with van der Waals surface area (Å²) < 4.78 is 5.59. The second-order valence-corrected chi connectivity index (χ2v) is 5.89. The molecular formula is C14H27Cl2N3O2. The maximum Gasteiger partial charge on any atom is 0.253 e. The van der Waals surface area contributed by atoms with Crippen LogP contribution in [0, 0.1) is 0 Å². The Hall–Kier alpha value is -0.0700. The first-order chi connectivity index (χ1) is 9.34. The Bertz CT molecular complexity index is 321. The van der Waals surface area contributed by atoms with E-state index in [1.165, 1.54) is 32.4 Å². The smallest absolute Gasteiger partial charge is 0.253 e. The molecule has 7 heteroatoms. The average Bonchev–Trinajstić information content (AvgIpc) is 3.02. The van der Waals surface area contributed by atoms with Crippen molar-refractivity contribution in [3.05, 3.63) is 0 Å². The highest BCUT2D eigenvalue weighted by molar-refractivity contribution is 5.85. The van der Waals surface area contributed by atoms with Crippen LogP contribution in [0.3, 0.4) is 0 Å². The third-order valence-electron chi connectivity index (χ3n) is 4.57. The van der Waals surface area contributed by atoms with Crippen LogP contribution in [0.5, 0.6) is 0 Å². The van der Waals surface area contributed by atoms with Crippen molar-refractivity contribution in [2.45, 2.75) is 37.8 Å². The summed E-state index contributed by atoms with van der Waals surface area (Å²) in [5.74, 6) is 0.191. The molecule has 0 aromatic rings. The van der Waals surface area contributed by atoms with Gasteiger partial charge in [0.25, 0.3) is 5.91 Å². The molecule has 2 atom stereocenters. The molecule has 0 aliphatic carbocycles. The Labute approximate surface area is 139 Å². The van der Waals surface area contributed by atoms with E-state index in [9.17, 15) is 4.79 Å². The quantitative estimate of drug-likeness (QED) is 0.812. The molecule has 0 aromatic carbocycles. The minimum atomic E-state index is -0.258. The Morgan fingerprint density at radius 1 is 1.10 bits per heavy atom. The number of halogens is 2. The first-order valence-corrected chi connectivity index (χ1v) is 7.70. The molecule has 3 fully saturated rings. The molecule has 21 heavy (non-hydrogen) atoms. The van der Waals surface area contributed by atoms with Crippen LogP contribution in [0.4, 0.5) is 0 Å². The summed E-state index contributed by atoms with van der Waals surface area (Å²) in [6.07, 6.45) is 4.76. The van der Waals surface area contributed by atoms with E-state index in [0.717, 1.165) is 26.1 Å². The molecule has 3 aliphatic heterocycles. The van der Waals surface area contributed by atoms with Crippen LogP contribution < -0.4 is 5.32 Å². The average molecular weight is 340 g/mol. The summed E-state index contributed by atoms with van der Waals surface area (Å²) in [5.41, 5.74) is 0.